The van der Waals surface area contributed by atoms with Crippen LogP contribution >= 0.6 is 0 Å². The number of carbonyl (C=O) groups excluding carboxylic acids is 2. The fraction of sp³-hybridized carbons (Fsp3) is 0.625. The first-order chi connectivity index (χ1) is 15.6. The van der Waals surface area contributed by atoms with Crippen LogP contribution in [-0.2, 0) is 16.1 Å². The number of fused-ring (bicyclic) bond motifs is 3. The Kier molecular flexibility index (Phi) is 6.04. The maximum Gasteiger partial charge on any atom is 0.246 e. The van der Waals surface area contributed by atoms with Crippen LogP contribution in [0.15, 0.2) is 23.2 Å². The van der Waals surface area contributed by atoms with Gasteiger partial charge in [-0.05, 0) is 56.6 Å². The predicted molar refractivity (Wildman–Crippen MR) is 121 cm³/mol. The van der Waals surface area contributed by atoms with Crippen LogP contribution in [0.5, 0.6) is 5.75 Å². The molecule has 0 radical (unpaired) electrons. The van der Waals surface area contributed by atoms with Gasteiger partial charge in [-0.1, -0.05) is 18.9 Å². The minimum atomic E-state index is -0.261. The van der Waals surface area contributed by atoms with Crippen LogP contribution in [-0.4, -0.2) is 52.9 Å². The van der Waals surface area contributed by atoms with E-state index in [9.17, 15) is 9.59 Å². The molecule has 3 unspecified atom stereocenters. The average molecular weight is 440 g/mol. The van der Waals surface area contributed by atoms with Gasteiger partial charge in [0.2, 0.25) is 17.8 Å². The summed E-state index contributed by atoms with van der Waals surface area (Å²) < 4.78 is 6.73. The molecule has 1 aromatic carbocycles. The van der Waals surface area contributed by atoms with Crippen molar-refractivity contribution >= 4 is 23.5 Å². The lowest BCUT2D eigenvalue weighted by atomic mass is 9.78. The van der Waals surface area contributed by atoms with E-state index >= 15 is 0 Å². The van der Waals surface area contributed by atoms with E-state index in [1.54, 1.807) is 0 Å². The summed E-state index contributed by atoms with van der Waals surface area (Å²) in [4.78, 5) is 32.4. The minimum Gasteiger partial charge on any atom is -0.475 e. The van der Waals surface area contributed by atoms with Crippen LogP contribution in [0.1, 0.15) is 63.4 Å². The lowest BCUT2D eigenvalue weighted by molar-refractivity contribution is -0.119. The predicted octanol–water partition coefficient (Wildman–Crippen LogP) is 2.63. The van der Waals surface area contributed by atoms with Crippen molar-refractivity contribution in [3.63, 3.8) is 0 Å². The number of nitrogens with two attached hydrogens (primary N) is 1. The van der Waals surface area contributed by atoms with Gasteiger partial charge in [-0.3, -0.25) is 19.8 Å². The van der Waals surface area contributed by atoms with Crippen molar-refractivity contribution in [1.29, 1.82) is 0 Å². The molecule has 0 spiro atoms. The van der Waals surface area contributed by atoms with Crippen molar-refractivity contribution in [3.05, 3.63) is 23.8 Å². The van der Waals surface area contributed by atoms with Gasteiger partial charge in [0.1, 0.15) is 12.3 Å². The van der Waals surface area contributed by atoms with Crippen LogP contribution in [0.2, 0.25) is 0 Å². The molecule has 3 heterocycles. The van der Waals surface area contributed by atoms with Crippen LogP contribution in [0, 0.1) is 5.92 Å². The molecule has 1 aromatic rings. The SMILES string of the molecule is NC(=O)CCCC(Oc1cccc2c1CN1CC(=O)NC1=N2)N1CCCC2CCCCC21. The number of hydrogen-bond acceptors (Lipinski definition) is 6. The molecule has 1 aliphatic carbocycles. The molecule has 3 fully saturated rings. The van der Waals surface area contributed by atoms with Gasteiger partial charge < -0.3 is 15.4 Å². The molecular formula is C24H33N5O3. The van der Waals surface area contributed by atoms with Crippen LogP contribution in [0.25, 0.3) is 0 Å². The smallest absolute Gasteiger partial charge is 0.246 e. The molecule has 8 nitrogen and oxygen atoms in total. The van der Waals surface area contributed by atoms with Crippen molar-refractivity contribution in [1.82, 2.24) is 15.1 Å². The fourth-order valence-corrected chi connectivity index (χ4v) is 5.86. The number of amides is 2. The molecule has 4 aliphatic rings. The largest absolute Gasteiger partial charge is 0.475 e. The number of likely N-dealkylation sites (tertiary alicyclic amines) is 1. The number of nitrogens with one attached hydrogen (secondary N) is 1. The van der Waals surface area contributed by atoms with Gasteiger partial charge >= 0.3 is 0 Å². The summed E-state index contributed by atoms with van der Waals surface area (Å²) >= 11 is 0. The number of piperidine rings is 1. The minimum absolute atomic E-state index is 0.0278. The summed E-state index contributed by atoms with van der Waals surface area (Å²) in [5.41, 5.74) is 7.29. The highest BCUT2D eigenvalue weighted by Gasteiger charge is 2.38. The fourth-order valence-electron chi connectivity index (χ4n) is 5.86. The number of primary amides is 1. The molecule has 3 atom stereocenters. The number of rotatable bonds is 7. The van der Waals surface area contributed by atoms with Gasteiger partial charge in [-0.25, -0.2) is 4.99 Å². The molecule has 1 saturated carbocycles. The first-order valence-corrected chi connectivity index (χ1v) is 12.0. The second-order valence-electron chi connectivity index (χ2n) is 9.52. The Labute approximate surface area is 189 Å². The average Bonchev–Trinajstić information content (AvgIpc) is 3.15. The molecule has 0 bridgehead atoms. The van der Waals surface area contributed by atoms with Crippen molar-refractivity contribution in [2.75, 3.05) is 13.1 Å². The topological polar surface area (TPSA) is 100 Å². The molecule has 3 aliphatic heterocycles. The zero-order valence-corrected chi connectivity index (χ0v) is 18.6. The molecule has 5 rings (SSSR count). The van der Waals surface area contributed by atoms with E-state index in [4.69, 9.17) is 10.5 Å². The van der Waals surface area contributed by atoms with Crippen LogP contribution in [0.3, 0.4) is 0 Å². The Hall–Kier alpha value is -2.61. The standard InChI is InChI=1S/C24H33N5O3/c25-21(30)11-4-12-23(29-13-5-7-16-6-1-2-9-19(16)29)32-20-10-3-8-18-17(20)14-28-15-22(31)27-24(28)26-18/h3,8,10,16,19,23H,1-2,4-7,9,11-15H2,(H2,25,30)(H,26,27,31). The monoisotopic (exact) mass is 439 g/mol. The highest BCUT2D eigenvalue weighted by Crippen LogP contribution is 2.39. The third-order valence-corrected chi connectivity index (χ3v) is 7.36. The van der Waals surface area contributed by atoms with Crippen LogP contribution < -0.4 is 15.8 Å². The van der Waals surface area contributed by atoms with Gasteiger partial charge in [-0.15, -0.1) is 0 Å². The van der Waals surface area contributed by atoms with Gasteiger partial charge in [-0.2, -0.15) is 0 Å². The number of guanidine groups is 1. The summed E-state index contributed by atoms with van der Waals surface area (Å²) in [6, 6.07) is 6.50. The Morgan fingerprint density at radius 2 is 2.06 bits per heavy atom. The van der Waals surface area contributed by atoms with Crippen molar-refractivity contribution in [2.24, 2.45) is 16.6 Å². The first-order valence-electron chi connectivity index (χ1n) is 12.0. The zero-order chi connectivity index (χ0) is 22.1. The van der Waals surface area contributed by atoms with Crippen molar-refractivity contribution in [3.8, 4) is 5.75 Å². The van der Waals surface area contributed by atoms with E-state index in [1.165, 1.54) is 38.5 Å². The Bertz CT molecular complexity index is 915. The number of ether oxygens (including phenoxy) is 1. The van der Waals surface area contributed by atoms with E-state index in [0.29, 0.717) is 31.5 Å². The summed E-state index contributed by atoms with van der Waals surface area (Å²) in [5.74, 6) is 1.91. The number of benzene rings is 1. The van der Waals surface area contributed by atoms with Gasteiger partial charge in [0.25, 0.3) is 0 Å². The molecular weight excluding hydrogens is 406 g/mol. The van der Waals surface area contributed by atoms with E-state index in [0.717, 1.165) is 42.3 Å². The van der Waals surface area contributed by atoms with Crippen molar-refractivity contribution in [2.45, 2.75) is 76.6 Å². The quantitative estimate of drug-likeness (QED) is 0.680. The maximum atomic E-state index is 11.8. The lowest BCUT2D eigenvalue weighted by Gasteiger charge is -2.47. The number of nitrogens with zero attached hydrogens (tertiary/aromatic N) is 3. The highest BCUT2D eigenvalue weighted by atomic mass is 16.5. The molecule has 0 aromatic heterocycles. The first kappa shape index (κ1) is 21.2. The van der Waals surface area contributed by atoms with E-state index in [2.05, 4.69) is 15.2 Å². The third kappa shape index (κ3) is 4.33. The molecule has 3 N–H and O–H groups in total. The van der Waals surface area contributed by atoms with Crippen molar-refractivity contribution < 1.29 is 14.3 Å². The van der Waals surface area contributed by atoms with Gasteiger partial charge in [0, 0.05) is 24.6 Å². The van der Waals surface area contributed by atoms with E-state index in [-0.39, 0.29) is 18.0 Å². The van der Waals surface area contributed by atoms with Crippen LogP contribution in [0.4, 0.5) is 5.69 Å². The second-order valence-corrected chi connectivity index (χ2v) is 9.52. The third-order valence-electron chi connectivity index (χ3n) is 7.36. The zero-order valence-electron chi connectivity index (χ0n) is 18.6. The summed E-state index contributed by atoms with van der Waals surface area (Å²) in [6.07, 6.45) is 9.43. The number of hydrogen-bond donors (Lipinski definition) is 2. The number of carbonyl (C=O) groups is 2. The molecule has 8 heteroatoms. The summed E-state index contributed by atoms with van der Waals surface area (Å²) in [6.45, 7) is 1.96. The summed E-state index contributed by atoms with van der Waals surface area (Å²) in [5, 5.41) is 2.82. The molecule has 2 saturated heterocycles. The Morgan fingerprint density at radius 1 is 1.22 bits per heavy atom. The van der Waals surface area contributed by atoms with E-state index < -0.39 is 0 Å². The normalized spacial score (nSPS) is 25.8. The molecule has 32 heavy (non-hydrogen) atoms. The molecule has 172 valence electrons. The van der Waals surface area contributed by atoms with E-state index in [1.807, 2.05) is 23.1 Å². The number of aliphatic imine (C=N–C) groups is 1. The molecule has 2 amide bonds. The Morgan fingerprint density at radius 3 is 2.94 bits per heavy atom. The van der Waals surface area contributed by atoms with Gasteiger partial charge in [0.15, 0.2) is 6.23 Å². The second kappa shape index (κ2) is 9.10. The Balaban J connectivity index is 1.39. The lowest BCUT2D eigenvalue weighted by Crippen LogP contribution is -2.53. The highest BCUT2D eigenvalue weighted by molar-refractivity contribution is 6.05. The van der Waals surface area contributed by atoms with Gasteiger partial charge in [0.05, 0.1) is 12.2 Å². The summed E-state index contributed by atoms with van der Waals surface area (Å²) in [7, 11) is 0. The maximum absolute atomic E-state index is 11.8.